The van der Waals surface area contributed by atoms with Crippen molar-refractivity contribution in [1.82, 2.24) is 15.3 Å². The molecule has 0 saturated carbocycles. The minimum absolute atomic E-state index is 0.149. The van der Waals surface area contributed by atoms with E-state index in [-0.39, 0.29) is 5.91 Å². The number of rotatable bonds is 5. The number of ether oxygens (including phenoxy) is 1. The highest BCUT2D eigenvalue weighted by molar-refractivity contribution is 5.95. The Kier molecular flexibility index (Phi) is 5.46. The first-order valence-electron chi connectivity index (χ1n) is 10.5. The van der Waals surface area contributed by atoms with Crippen molar-refractivity contribution in [3.8, 4) is 40.0 Å². The summed E-state index contributed by atoms with van der Waals surface area (Å²) in [5.41, 5.74) is 4.70. The molecule has 0 atom stereocenters. The second-order valence-electron chi connectivity index (χ2n) is 7.45. The molecule has 0 bridgehead atoms. The van der Waals surface area contributed by atoms with Crippen LogP contribution in [0.3, 0.4) is 0 Å². The second-order valence-corrected chi connectivity index (χ2v) is 7.45. The maximum absolute atomic E-state index is 11.8. The van der Waals surface area contributed by atoms with Gasteiger partial charge in [0.1, 0.15) is 28.8 Å². The topological polar surface area (TPSA) is 101 Å². The van der Waals surface area contributed by atoms with Crippen molar-refractivity contribution in [1.29, 1.82) is 5.26 Å². The molecule has 0 aliphatic heterocycles. The van der Waals surface area contributed by atoms with E-state index in [1.165, 1.54) is 0 Å². The fourth-order valence-electron chi connectivity index (χ4n) is 3.65. The highest BCUT2D eigenvalue weighted by Crippen LogP contribution is 2.36. The van der Waals surface area contributed by atoms with Gasteiger partial charge in [-0.1, -0.05) is 18.2 Å². The van der Waals surface area contributed by atoms with E-state index in [2.05, 4.69) is 21.4 Å². The van der Waals surface area contributed by atoms with Gasteiger partial charge in [0.2, 0.25) is 0 Å². The zero-order chi connectivity index (χ0) is 23.5. The van der Waals surface area contributed by atoms with Gasteiger partial charge in [0.05, 0.1) is 11.8 Å². The normalized spacial score (nSPS) is 10.6. The summed E-state index contributed by atoms with van der Waals surface area (Å²) < 4.78 is 12.0. The van der Waals surface area contributed by atoms with Crippen LogP contribution in [0.25, 0.3) is 33.6 Å². The third-order valence-electron chi connectivity index (χ3n) is 5.34. The predicted octanol–water partition coefficient (Wildman–Crippen LogP) is 5.58. The molecule has 7 heteroatoms. The van der Waals surface area contributed by atoms with Gasteiger partial charge >= 0.3 is 0 Å². The van der Waals surface area contributed by atoms with Gasteiger partial charge in [0, 0.05) is 42.2 Å². The Morgan fingerprint density at radius 3 is 2.59 bits per heavy atom. The summed E-state index contributed by atoms with van der Waals surface area (Å²) in [4.78, 5) is 20.3. The highest BCUT2D eigenvalue weighted by atomic mass is 16.5. The fraction of sp³-hybridized carbons (Fsp3) is 0.0370. The van der Waals surface area contributed by atoms with E-state index in [1.807, 2.05) is 30.3 Å². The van der Waals surface area contributed by atoms with Gasteiger partial charge in [0.15, 0.2) is 5.58 Å². The minimum atomic E-state index is -0.149. The van der Waals surface area contributed by atoms with Gasteiger partial charge in [-0.15, -0.1) is 0 Å². The Morgan fingerprint density at radius 1 is 1.03 bits per heavy atom. The number of hydrogen-bond acceptors (Lipinski definition) is 6. The second kappa shape index (κ2) is 8.88. The Balaban J connectivity index is 1.51. The van der Waals surface area contributed by atoms with Crippen molar-refractivity contribution in [2.75, 3.05) is 7.05 Å². The number of nitrogens with one attached hydrogen (secondary N) is 1. The van der Waals surface area contributed by atoms with Gasteiger partial charge in [-0.05, 0) is 48.0 Å². The maximum atomic E-state index is 11.8. The number of carbonyl (C=O) groups excluding carboxylic acids is 1. The largest absolute Gasteiger partial charge is 0.454 e. The molecule has 0 fully saturated rings. The summed E-state index contributed by atoms with van der Waals surface area (Å²) in [6.45, 7) is 0. The Labute approximate surface area is 195 Å². The molecule has 0 spiro atoms. The lowest BCUT2D eigenvalue weighted by atomic mass is 10.0. The van der Waals surface area contributed by atoms with Crippen LogP contribution in [-0.4, -0.2) is 22.9 Å². The van der Waals surface area contributed by atoms with Crippen LogP contribution in [0.1, 0.15) is 15.9 Å². The molecular weight excluding hydrogens is 428 g/mol. The van der Waals surface area contributed by atoms with Crippen LogP contribution in [0.4, 0.5) is 0 Å². The number of benzene rings is 2. The van der Waals surface area contributed by atoms with E-state index >= 15 is 0 Å². The van der Waals surface area contributed by atoms with Crippen molar-refractivity contribution in [3.05, 3.63) is 96.4 Å². The number of carbonyl (C=O) groups is 1. The molecular formula is C27H18N4O3. The monoisotopic (exact) mass is 446 g/mol. The van der Waals surface area contributed by atoms with Crippen molar-refractivity contribution in [3.63, 3.8) is 0 Å². The Hall–Kier alpha value is -4.96. The summed E-state index contributed by atoms with van der Waals surface area (Å²) >= 11 is 0. The molecule has 3 heterocycles. The molecule has 0 unspecified atom stereocenters. The molecule has 0 saturated heterocycles. The van der Waals surface area contributed by atoms with E-state index in [4.69, 9.17) is 9.15 Å². The molecule has 164 valence electrons. The first-order valence-corrected chi connectivity index (χ1v) is 10.5. The number of amides is 1. The first-order chi connectivity index (χ1) is 16.7. The van der Waals surface area contributed by atoms with Crippen molar-refractivity contribution >= 4 is 17.0 Å². The van der Waals surface area contributed by atoms with E-state index in [9.17, 15) is 10.1 Å². The summed E-state index contributed by atoms with van der Waals surface area (Å²) in [6.07, 6.45) is 4.95. The quantitative estimate of drug-likeness (QED) is 0.378. The number of hydrogen-bond donors (Lipinski definition) is 1. The molecule has 0 aliphatic rings. The fourth-order valence-corrected chi connectivity index (χ4v) is 3.65. The molecule has 34 heavy (non-hydrogen) atoms. The summed E-state index contributed by atoms with van der Waals surface area (Å²) in [7, 11) is 1.60. The predicted molar refractivity (Wildman–Crippen MR) is 127 cm³/mol. The number of nitriles is 1. The van der Waals surface area contributed by atoms with Gasteiger partial charge in [-0.25, -0.2) is 0 Å². The lowest BCUT2D eigenvalue weighted by molar-refractivity contribution is 0.0963. The zero-order valence-corrected chi connectivity index (χ0v) is 18.1. The van der Waals surface area contributed by atoms with E-state index in [0.29, 0.717) is 39.5 Å². The number of fused-ring (bicyclic) bond motifs is 1. The maximum Gasteiger partial charge on any atom is 0.251 e. The first kappa shape index (κ1) is 20.9. The van der Waals surface area contributed by atoms with E-state index < -0.39 is 0 Å². The van der Waals surface area contributed by atoms with Crippen molar-refractivity contribution < 1.29 is 13.9 Å². The smallest absolute Gasteiger partial charge is 0.251 e. The number of nitrogens with zero attached hydrogens (tertiary/aromatic N) is 3. The highest BCUT2D eigenvalue weighted by Gasteiger charge is 2.15. The third-order valence-corrected chi connectivity index (χ3v) is 5.34. The van der Waals surface area contributed by atoms with Crippen LogP contribution in [0.2, 0.25) is 0 Å². The van der Waals surface area contributed by atoms with E-state index in [0.717, 1.165) is 16.7 Å². The number of aromatic nitrogens is 2. The average Bonchev–Trinajstić information content (AvgIpc) is 3.34. The van der Waals surface area contributed by atoms with Crippen LogP contribution >= 0.6 is 0 Å². The standard InChI is InChI=1S/C27H18N4O3/c1-29-27(32)18-6-4-17(5-7-18)25-14-23-26(34-25)22(10-12-31-23)19-8-9-24(20(13-19)15-28)33-21-3-2-11-30-16-21/h2-14,16H,1H3,(H,29,32). The molecule has 5 aromatic rings. The van der Waals surface area contributed by atoms with E-state index in [1.54, 1.807) is 62.0 Å². The van der Waals surface area contributed by atoms with Crippen molar-refractivity contribution in [2.45, 2.75) is 0 Å². The van der Waals surface area contributed by atoms with Crippen molar-refractivity contribution in [2.24, 2.45) is 0 Å². The van der Waals surface area contributed by atoms with Crippen LogP contribution in [-0.2, 0) is 0 Å². The minimum Gasteiger partial charge on any atom is -0.454 e. The summed E-state index contributed by atoms with van der Waals surface area (Å²) in [5.74, 6) is 1.48. The molecule has 7 nitrogen and oxygen atoms in total. The Morgan fingerprint density at radius 2 is 1.85 bits per heavy atom. The molecule has 3 aromatic heterocycles. The number of pyridine rings is 2. The molecule has 0 aliphatic carbocycles. The van der Waals surface area contributed by atoms with Gasteiger partial charge in [-0.3, -0.25) is 14.8 Å². The zero-order valence-electron chi connectivity index (χ0n) is 18.1. The van der Waals surface area contributed by atoms with Crippen LogP contribution in [0.5, 0.6) is 11.5 Å². The molecule has 1 N–H and O–H groups in total. The number of furan rings is 1. The lowest BCUT2D eigenvalue weighted by Crippen LogP contribution is -2.17. The third kappa shape index (κ3) is 3.96. The molecule has 2 aromatic carbocycles. The Bertz CT molecular complexity index is 1530. The van der Waals surface area contributed by atoms with Crippen LogP contribution < -0.4 is 10.1 Å². The molecule has 1 amide bonds. The van der Waals surface area contributed by atoms with Crippen LogP contribution in [0.15, 0.2) is 89.7 Å². The summed E-state index contributed by atoms with van der Waals surface area (Å²) in [5, 5.41) is 12.3. The van der Waals surface area contributed by atoms with Gasteiger partial charge < -0.3 is 14.5 Å². The lowest BCUT2D eigenvalue weighted by Gasteiger charge is -2.09. The SMILES string of the molecule is CNC(=O)c1ccc(-c2cc3nccc(-c4ccc(Oc5cccnc5)c(C#N)c4)c3o2)cc1. The van der Waals surface area contributed by atoms with Crippen LogP contribution in [0, 0.1) is 11.3 Å². The molecule has 5 rings (SSSR count). The van der Waals surface area contributed by atoms with Gasteiger partial charge in [0.25, 0.3) is 5.91 Å². The van der Waals surface area contributed by atoms with Gasteiger partial charge in [-0.2, -0.15) is 5.26 Å². The molecule has 0 radical (unpaired) electrons. The summed E-state index contributed by atoms with van der Waals surface area (Å²) in [6, 6.07) is 22.0. The average molecular weight is 446 g/mol.